The number of anilines is 2. The molecule has 0 unspecified atom stereocenters. The number of ether oxygens (including phenoxy) is 1. The molecule has 0 radical (unpaired) electrons. The van der Waals surface area contributed by atoms with E-state index in [1.165, 1.54) is 19.3 Å². The number of nitrogens with one attached hydrogen (secondary N) is 3. The summed E-state index contributed by atoms with van der Waals surface area (Å²) < 4.78 is 5.63. The van der Waals surface area contributed by atoms with Gasteiger partial charge in [0, 0.05) is 32.2 Å². The number of methoxy groups -OCH3 is 1. The summed E-state index contributed by atoms with van der Waals surface area (Å²) in [5.41, 5.74) is 3.56. The molecule has 4 rings (SSSR count). The lowest BCUT2D eigenvalue weighted by molar-refractivity contribution is -0.115. The first-order valence-corrected chi connectivity index (χ1v) is 11.6. The van der Waals surface area contributed by atoms with Gasteiger partial charge in [0.25, 0.3) is 5.56 Å². The molecular formula is C24H35N6O2+. The van der Waals surface area contributed by atoms with E-state index >= 15 is 0 Å². The standard InChI is InChI=1S/C24H34N6O2/c1-4-5-18(25)20-21(26-2)23(31)29-22(28-20)17-14-16(6-7-19(17)32-3)30-13-10-24(15-30)8-11-27-12-9-24/h6-7,14,25-27H,4-5,8-13,15H2,1-3H3,(H,28,29,31)/p+1. The highest BCUT2D eigenvalue weighted by Crippen LogP contribution is 2.42. The number of hydrogen-bond acceptors (Lipinski definition) is 6. The van der Waals surface area contributed by atoms with E-state index in [9.17, 15) is 4.79 Å². The summed E-state index contributed by atoms with van der Waals surface area (Å²) in [4.78, 5) is 23.0. The molecule has 2 aromatic rings. The molecule has 8 heteroatoms. The van der Waals surface area contributed by atoms with Crippen LogP contribution in [0, 0.1) is 5.41 Å². The molecule has 1 spiro atoms. The van der Waals surface area contributed by atoms with E-state index in [2.05, 4.69) is 39.6 Å². The van der Waals surface area contributed by atoms with Crippen LogP contribution >= 0.6 is 0 Å². The van der Waals surface area contributed by atoms with Crippen molar-refractivity contribution in [2.75, 3.05) is 50.6 Å². The Morgan fingerprint density at radius 3 is 2.78 bits per heavy atom. The molecule has 0 aliphatic carbocycles. The summed E-state index contributed by atoms with van der Waals surface area (Å²) in [6, 6.07) is 6.14. The van der Waals surface area contributed by atoms with E-state index in [0.717, 1.165) is 43.9 Å². The Bertz CT molecular complexity index is 1040. The van der Waals surface area contributed by atoms with E-state index in [-0.39, 0.29) is 5.56 Å². The number of nitrogens with zero attached hydrogens (tertiary/aromatic N) is 2. The van der Waals surface area contributed by atoms with Crippen LogP contribution in [-0.4, -0.2) is 56.0 Å². The number of hydrogen-bond donors (Lipinski definition) is 4. The van der Waals surface area contributed by atoms with Gasteiger partial charge in [0.2, 0.25) is 5.71 Å². The summed E-state index contributed by atoms with van der Waals surface area (Å²) in [6.07, 6.45) is 5.22. The molecule has 0 amide bonds. The lowest BCUT2D eigenvalue weighted by Crippen LogP contribution is -2.42. The van der Waals surface area contributed by atoms with Crippen molar-refractivity contribution in [2.24, 2.45) is 5.41 Å². The van der Waals surface area contributed by atoms with E-state index in [4.69, 9.17) is 15.1 Å². The summed E-state index contributed by atoms with van der Waals surface area (Å²) >= 11 is 0. The average Bonchev–Trinajstić information content (AvgIpc) is 3.21. The Kier molecular flexibility index (Phi) is 6.50. The van der Waals surface area contributed by atoms with Gasteiger partial charge in [-0.2, -0.15) is 0 Å². The number of piperidine rings is 1. The zero-order valence-electron chi connectivity index (χ0n) is 19.4. The van der Waals surface area contributed by atoms with Crippen LogP contribution in [0.1, 0.15) is 44.7 Å². The molecular weight excluding hydrogens is 404 g/mol. The predicted molar refractivity (Wildman–Crippen MR) is 129 cm³/mol. The second-order valence-electron chi connectivity index (χ2n) is 8.97. The van der Waals surface area contributed by atoms with Crippen LogP contribution in [-0.2, 0) is 0 Å². The molecule has 5 N–H and O–H groups in total. The van der Waals surface area contributed by atoms with Crippen molar-refractivity contribution in [1.82, 2.24) is 15.3 Å². The van der Waals surface area contributed by atoms with Crippen LogP contribution in [0.2, 0.25) is 0 Å². The number of H-pyrrole nitrogens is 1. The van der Waals surface area contributed by atoms with Crippen molar-refractivity contribution >= 4 is 17.1 Å². The fourth-order valence-electron chi connectivity index (χ4n) is 5.05. The summed E-state index contributed by atoms with van der Waals surface area (Å²) in [5.74, 6) is 1.14. The van der Waals surface area contributed by atoms with E-state index in [1.54, 1.807) is 14.2 Å². The van der Waals surface area contributed by atoms with Crippen molar-refractivity contribution in [2.45, 2.75) is 39.0 Å². The number of aromatic amines is 1. The first-order chi connectivity index (χ1) is 15.5. The van der Waals surface area contributed by atoms with E-state index in [1.807, 2.05) is 6.07 Å². The molecule has 3 heterocycles. The maximum Gasteiger partial charge on any atom is 0.275 e. The average molecular weight is 440 g/mol. The van der Waals surface area contributed by atoms with Crippen LogP contribution in [0.5, 0.6) is 5.75 Å². The van der Waals surface area contributed by atoms with Gasteiger partial charge >= 0.3 is 0 Å². The van der Waals surface area contributed by atoms with Crippen molar-refractivity contribution < 1.29 is 10.1 Å². The highest BCUT2D eigenvalue weighted by molar-refractivity contribution is 5.99. The molecule has 0 saturated carbocycles. The number of aromatic nitrogens is 2. The highest BCUT2D eigenvalue weighted by atomic mass is 16.5. The third-order valence-corrected chi connectivity index (χ3v) is 6.90. The smallest absolute Gasteiger partial charge is 0.275 e. The topological polar surface area (TPSA) is 108 Å². The Morgan fingerprint density at radius 2 is 2.09 bits per heavy atom. The Labute approximate surface area is 189 Å². The molecule has 2 aliphatic heterocycles. The zero-order chi connectivity index (χ0) is 22.7. The van der Waals surface area contributed by atoms with Gasteiger partial charge in [0.05, 0.1) is 12.7 Å². The van der Waals surface area contributed by atoms with Gasteiger partial charge < -0.3 is 25.3 Å². The van der Waals surface area contributed by atoms with Crippen molar-refractivity contribution in [3.63, 3.8) is 0 Å². The molecule has 1 aromatic heterocycles. The number of benzene rings is 1. The van der Waals surface area contributed by atoms with Gasteiger partial charge in [-0.15, -0.1) is 0 Å². The molecule has 0 atom stereocenters. The second kappa shape index (κ2) is 9.32. The molecule has 2 saturated heterocycles. The quantitative estimate of drug-likeness (QED) is 0.486. The highest BCUT2D eigenvalue weighted by Gasteiger charge is 2.39. The van der Waals surface area contributed by atoms with Gasteiger partial charge in [0.1, 0.15) is 17.3 Å². The van der Waals surface area contributed by atoms with Gasteiger partial charge in [-0.1, -0.05) is 6.92 Å². The first-order valence-electron chi connectivity index (χ1n) is 11.6. The van der Waals surface area contributed by atoms with Gasteiger partial charge in [0.15, 0.2) is 5.69 Å². The zero-order valence-corrected chi connectivity index (χ0v) is 19.4. The van der Waals surface area contributed by atoms with Gasteiger partial charge in [-0.25, -0.2) is 4.98 Å². The minimum atomic E-state index is -0.242. The molecule has 32 heavy (non-hydrogen) atoms. The summed E-state index contributed by atoms with van der Waals surface area (Å²) in [7, 11) is 3.34. The van der Waals surface area contributed by atoms with Gasteiger partial charge in [-0.05, 0) is 62.4 Å². The molecule has 0 bridgehead atoms. The molecule has 8 nitrogen and oxygen atoms in total. The van der Waals surface area contributed by atoms with Crippen molar-refractivity contribution in [3.8, 4) is 17.1 Å². The van der Waals surface area contributed by atoms with E-state index in [0.29, 0.717) is 40.5 Å². The number of rotatable bonds is 7. The maximum atomic E-state index is 12.8. The molecule has 2 fully saturated rings. The first kappa shape index (κ1) is 22.3. The fraction of sp³-hybridized carbons (Fsp3) is 0.542. The summed E-state index contributed by atoms with van der Waals surface area (Å²) in [6.45, 7) is 6.35. The molecule has 1 aromatic carbocycles. The monoisotopic (exact) mass is 439 g/mol. The molecule has 172 valence electrons. The van der Waals surface area contributed by atoms with Crippen LogP contribution in [0.3, 0.4) is 0 Å². The SMILES string of the molecule is CCCC(=[NH2+])c1nc(-c2cc(N3CCC4(CCNCC4)C3)ccc2OC)[nH]c(=O)c1NC. The normalized spacial score (nSPS) is 17.5. The third-order valence-electron chi connectivity index (χ3n) is 6.90. The Hall–Kier alpha value is -2.87. The fourth-order valence-corrected chi connectivity index (χ4v) is 5.05. The van der Waals surface area contributed by atoms with E-state index < -0.39 is 0 Å². The van der Waals surface area contributed by atoms with Gasteiger partial charge in [-0.3, -0.25) is 10.2 Å². The molecule has 2 aliphatic rings. The number of nitrogens with two attached hydrogens (primary N) is 1. The lowest BCUT2D eigenvalue weighted by atomic mass is 9.78. The minimum Gasteiger partial charge on any atom is -0.496 e. The lowest BCUT2D eigenvalue weighted by Gasteiger charge is -2.34. The second-order valence-corrected chi connectivity index (χ2v) is 8.97. The maximum absolute atomic E-state index is 12.8. The van der Waals surface area contributed by atoms with Crippen molar-refractivity contribution in [1.29, 1.82) is 0 Å². The summed E-state index contributed by atoms with van der Waals surface area (Å²) in [5, 5.41) is 12.7. The van der Waals surface area contributed by atoms with Crippen LogP contribution in [0.25, 0.3) is 11.4 Å². The van der Waals surface area contributed by atoms with Crippen molar-refractivity contribution in [3.05, 3.63) is 34.2 Å². The minimum absolute atomic E-state index is 0.242. The predicted octanol–water partition coefficient (Wildman–Crippen LogP) is 1.42. The Morgan fingerprint density at radius 1 is 1.31 bits per heavy atom. The van der Waals surface area contributed by atoms with Crippen LogP contribution < -0.4 is 31.2 Å². The largest absolute Gasteiger partial charge is 0.496 e. The van der Waals surface area contributed by atoms with Crippen LogP contribution in [0.15, 0.2) is 23.0 Å². The Balaban J connectivity index is 1.72. The third kappa shape index (κ3) is 4.24. The van der Waals surface area contributed by atoms with Crippen LogP contribution in [0.4, 0.5) is 11.4 Å².